The van der Waals surface area contributed by atoms with E-state index < -0.39 is 16.2 Å². The first-order chi connectivity index (χ1) is 4.04. The number of carbonyl (C=O) groups excluding carboxylic acids is 2. The minimum atomic E-state index is -1.11. The maximum atomic E-state index is 9.92. The van der Waals surface area contributed by atoms with Crippen molar-refractivity contribution in [2.75, 3.05) is 0 Å². The zero-order valence-electron chi connectivity index (χ0n) is 4.10. The lowest BCUT2D eigenvalue weighted by molar-refractivity contribution is -0.112. The van der Waals surface area contributed by atoms with Gasteiger partial charge < -0.3 is 5.11 Å². The average molecular weight is 169 g/mol. The molecule has 5 heteroatoms. The maximum Gasteiger partial charge on any atom is 0.287 e. The summed E-state index contributed by atoms with van der Waals surface area (Å²) in [5.74, 6) is -0.850. The van der Waals surface area contributed by atoms with Gasteiger partial charge in [-0.05, 0) is 23.2 Å². The molecular formula is C4H2Cl2O3. The lowest BCUT2D eigenvalue weighted by Crippen LogP contribution is -1.93. The van der Waals surface area contributed by atoms with Crippen LogP contribution in [0.1, 0.15) is 0 Å². The van der Waals surface area contributed by atoms with Crippen LogP contribution in [-0.4, -0.2) is 15.6 Å². The van der Waals surface area contributed by atoms with Crippen molar-refractivity contribution in [3.8, 4) is 0 Å². The summed E-state index contributed by atoms with van der Waals surface area (Å²) in [4.78, 5) is 19.8. The number of aliphatic hydroxyl groups is 1. The third kappa shape index (κ3) is 4.00. The van der Waals surface area contributed by atoms with Gasteiger partial charge in [0.25, 0.3) is 5.24 Å². The van der Waals surface area contributed by atoms with Crippen molar-refractivity contribution in [1.29, 1.82) is 0 Å². The van der Waals surface area contributed by atoms with E-state index in [9.17, 15) is 9.59 Å². The highest BCUT2D eigenvalue weighted by atomic mass is 35.5. The molecule has 0 spiro atoms. The summed E-state index contributed by atoms with van der Waals surface area (Å²) in [6, 6.07) is 0. The van der Waals surface area contributed by atoms with Gasteiger partial charge in [0, 0.05) is 6.08 Å². The summed E-state index contributed by atoms with van der Waals surface area (Å²) in [5, 5.41) is 6.32. The van der Waals surface area contributed by atoms with E-state index in [-0.39, 0.29) is 0 Å². The lowest BCUT2D eigenvalue weighted by atomic mass is 10.5. The first-order valence-electron chi connectivity index (χ1n) is 1.84. The molecule has 1 N–H and O–H groups in total. The standard InChI is InChI=1S/C4H2Cl2O3/c5-3(8)1-2(7)4(6)9/h1,7H/b2-1-. The van der Waals surface area contributed by atoms with Gasteiger partial charge in [-0.15, -0.1) is 0 Å². The van der Waals surface area contributed by atoms with Crippen molar-refractivity contribution in [3.05, 3.63) is 11.8 Å². The molecule has 0 atom stereocenters. The van der Waals surface area contributed by atoms with Gasteiger partial charge in [-0.2, -0.15) is 0 Å². The van der Waals surface area contributed by atoms with Crippen LogP contribution in [0.2, 0.25) is 0 Å². The Morgan fingerprint density at radius 2 is 1.78 bits per heavy atom. The Balaban J connectivity index is 4.17. The third-order valence-corrected chi connectivity index (χ3v) is 0.754. The fourth-order valence-electron chi connectivity index (χ4n) is 0.164. The highest BCUT2D eigenvalue weighted by Crippen LogP contribution is 1.96. The monoisotopic (exact) mass is 168 g/mol. The second-order valence-electron chi connectivity index (χ2n) is 1.11. The summed E-state index contributed by atoms with van der Waals surface area (Å²) in [6.07, 6.45) is 0.525. The zero-order valence-corrected chi connectivity index (χ0v) is 5.61. The Morgan fingerprint density at radius 3 is 1.89 bits per heavy atom. The van der Waals surface area contributed by atoms with Gasteiger partial charge in [0.05, 0.1) is 0 Å². The van der Waals surface area contributed by atoms with Crippen LogP contribution in [0.5, 0.6) is 0 Å². The van der Waals surface area contributed by atoms with Crippen LogP contribution in [-0.2, 0) is 9.59 Å². The lowest BCUT2D eigenvalue weighted by Gasteiger charge is -1.84. The molecule has 0 aromatic rings. The van der Waals surface area contributed by atoms with Gasteiger partial charge in [-0.25, -0.2) is 0 Å². The van der Waals surface area contributed by atoms with Gasteiger partial charge in [-0.3, -0.25) is 9.59 Å². The molecule has 3 nitrogen and oxygen atoms in total. The Hall–Kier alpha value is -0.540. The largest absolute Gasteiger partial charge is 0.503 e. The topological polar surface area (TPSA) is 54.4 Å². The molecule has 0 aromatic carbocycles. The number of rotatable bonds is 2. The molecule has 50 valence electrons. The zero-order chi connectivity index (χ0) is 7.44. The SMILES string of the molecule is O=C(Cl)/C=C(\O)C(=O)Cl. The molecule has 9 heavy (non-hydrogen) atoms. The van der Waals surface area contributed by atoms with Gasteiger partial charge >= 0.3 is 0 Å². The van der Waals surface area contributed by atoms with Crippen LogP contribution < -0.4 is 0 Å². The summed E-state index contributed by atoms with van der Waals surface area (Å²) in [6.45, 7) is 0. The number of aliphatic hydroxyl groups excluding tert-OH is 1. The molecule has 0 aliphatic heterocycles. The average Bonchev–Trinajstić information content (AvgIpc) is 1.63. The van der Waals surface area contributed by atoms with E-state index in [4.69, 9.17) is 28.3 Å². The molecule has 0 aromatic heterocycles. The second-order valence-corrected chi connectivity index (χ2v) is 1.82. The second kappa shape index (κ2) is 3.48. The maximum absolute atomic E-state index is 9.92. The quantitative estimate of drug-likeness (QED) is 0.380. The molecule has 0 rings (SSSR count). The van der Waals surface area contributed by atoms with Crippen molar-refractivity contribution in [3.63, 3.8) is 0 Å². The molecule has 0 aliphatic carbocycles. The Morgan fingerprint density at radius 1 is 1.33 bits per heavy atom. The normalized spacial score (nSPS) is 11.1. The van der Waals surface area contributed by atoms with Crippen molar-refractivity contribution < 1.29 is 14.7 Å². The fourth-order valence-corrected chi connectivity index (χ4v) is 0.322. The Labute approximate surface area is 60.9 Å². The molecule has 0 bridgehead atoms. The van der Waals surface area contributed by atoms with Crippen molar-refractivity contribution in [1.82, 2.24) is 0 Å². The smallest absolute Gasteiger partial charge is 0.287 e. The highest BCUT2D eigenvalue weighted by molar-refractivity contribution is 6.70. The van der Waals surface area contributed by atoms with Crippen LogP contribution >= 0.6 is 23.2 Å². The van der Waals surface area contributed by atoms with E-state index >= 15 is 0 Å². The van der Waals surface area contributed by atoms with Crippen LogP contribution in [0.3, 0.4) is 0 Å². The third-order valence-electron chi connectivity index (χ3n) is 0.452. The fraction of sp³-hybridized carbons (Fsp3) is 0. The molecule has 0 heterocycles. The van der Waals surface area contributed by atoms with Gasteiger partial charge in [0.1, 0.15) is 0 Å². The summed E-state index contributed by atoms with van der Waals surface area (Å²) in [7, 11) is 0. The number of allylic oxidation sites excluding steroid dienone is 2. The Bertz CT molecular complexity index is 173. The summed E-state index contributed by atoms with van der Waals surface area (Å²) < 4.78 is 0. The number of halogens is 2. The number of hydrogen-bond donors (Lipinski definition) is 1. The van der Waals surface area contributed by atoms with E-state index in [1.54, 1.807) is 0 Å². The van der Waals surface area contributed by atoms with E-state index in [0.29, 0.717) is 6.08 Å². The molecular weight excluding hydrogens is 167 g/mol. The molecule has 0 saturated carbocycles. The van der Waals surface area contributed by atoms with E-state index in [1.165, 1.54) is 0 Å². The molecule has 0 radical (unpaired) electrons. The van der Waals surface area contributed by atoms with Gasteiger partial charge in [0.2, 0.25) is 5.24 Å². The minimum absolute atomic E-state index is 0.525. The van der Waals surface area contributed by atoms with Crippen molar-refractivity contribution in [2.45, 2.75) is 0 Å². The van der Waals surface area contributed by atoms with E-state index in [2.05, 4.69) is 0 Å². The van der Waals surface area contributed by atoms with Crippen molar-refractivity contribution >= 4 is 33.7 Å². The van der Waals surface area contributed by atoms with E-state index in [0.717, 1.165) is 0 Å². The van der Waals surface area contributed by atoms with Crippen LogP contribution in [0, 0.1) is 0 Å². The van der Waals surface area contributed by atoms with Crippen LogP contribution in [0.25, 0.3) is 0 Å². The first kappa shape index (κ1) is 8.46. The van der Waals surface area contributed by atoms with E-state index in [1.807, 2.05) is 0 Å². The van der Waals surface area contributed by atoms with Crippen molar-refractivity contribution in [2.24, 2.45) is 0 Å². The molecule has 0 unspecified atom stereocenters. The minimum Gasteiger partial charge on any atom is -0.503 e. The summed E-state index contributed by atoms with van der Waals surface area (Å²) >= 11 is 9.43. The molecule has 0 saturated heterocycles. The van der Waals surface area contributed by atoms with Crippen LogP contribution in [0.15, 0.2) is 11.8 Å². The predicted molar refractivity (Wildman–Crippen MR) is 32.4 cm³/mol. The summed E-state index contributed by atoms with van der Waals surface area (Å²) in [5.41, 5.74) is 0. The Kier molecular flexibility index (Phi) is 3.27. The number of hydrogen-bond acceptors (Lipinski definition) is 3. The molecule has 0 amide bonds. The van der Waals surface area contributed by atoms with Gasteiger partial charge in [-0.1, -0.05) is 0 Å². The highest BCUT2D eigenvalue weighted by Gasteiger charge is 2.03. The first-order valence-corrected chi connectivity index (χ1v) is 2.59. The molecule has 0 aliphatic rings. The predicted octanol–water partition coefficient (Wildman–Crippen LogP) is 0.959. The molecule has 0 fully saturated rings. The number of carbonyl (C=O) groups is 2. The van der Waals surface area contributed by atoms with Crippen LogP contribution in [0.4, 0.5) is 0 Å². The van der Waals surface area contributed by atoms with Gasteiger partial charge in [0.15, 0.2) is 5.76 Å².